The van der Waals surface area contributed by atoms with E-state index in [9.17, 15) is 9.59 Å². The number of ether oxygens (including phenoxy) is 1. The summed E-state index contributed by atoms with van der Waals surface area (Å²) in [6, 6.07) is 16.8. The molecule has 0 radical (unpaired) electrons. The van der Waals surface area contributed by atoms with E-state index in [4.69, 9.17) is 4.74 Å². The molecular formula is C27H28N4O3. The Kier molecular flexibility index (Phi) is 6.63. The van der Waals surface area contributed by atoms with Crippen LogP contribution in [0, 0.1) is 20.8 Å². The number of carbonyl (C=O) groups is 2. The Bertz CT molecular complexity index is 1300. The lowest BCUT2D eigenvalue weighted by Gasteiger charge is -2.19. The zero-order chi connectivity index (χ0) is 24.2. The van der Waals surface area contributed by atoms with E-state index in [2.05, 4.69) is 10.3 Å². The minimum absolute atomic E-state index is 0.0576. The van der Waals surface area contributed by atoms with Gasteiger partial charge in [0.15, 0.2) is 0 Å². The minimum atomic E-state index is -0.259. The average molecular weight is 457 g/mol. The fourth-order valence-electron chi connectivity index (χ4n) is 4.00. The SMILES string of the molecule is Cc1cc(C)c(NC(=O)CN(C)C(=O)c2cccc(OCc3cn4ccccc4n3)c2)c(C)c1. The van der Waals surface area contributed by atoms with Crippen LogP contribution in [0.15, 0.2) is 67.0 Å². The highest BCUT2D eigenvalue weighted by molar-refractivity contribution is 6.00. The summed E-state index contributed by atoms with van der Waals surface area (Å²) in [5, 5.41) is 2.94. The Morgan fingerprint density at radius 2 is 1.79 bits per heavy atom. The van der Waals surface area contributed by atoms with Crippen molar-refractivity contribution in [2.24, 2.45) is 0 Å². The van der Waals surface area contributed by atoms with Crippen LogP contribution < -0.4 is 10.1 Å². The lowest BCUT2D eigenvalue weighted by atomic mass is 10.1. The number of imidazole rings is 1. The van der Waals surface area contributed by atoms with Gasteiger partial charge in [-0.25, -0.2) is 4.98 Å². The van der Waals surface area contributed by atoms with Gasteiger partial charge in [0.25, 0.3) is 5.91 Å². The molecule has 0 aliphatic rings. The van der Waals surface area contributed by atoms with Gasteiger partial charge >= 0.3 is 0 Å². The van der Waals surface area contributed by atoms with Crippen molar-refractivity contribution in [3.8, 4) is 5.75 Å². The number of nitrogens with one attached hydrogen (secondary N) is 1. The van der Waals surface area contributed by atoms with Crippen molar-refractivity contribution < 1.29 is 14.3 Å². The summed E-state index contributed by atoms with van der Waals surface area (Å²) >= 11 is 0. The lowest BCUT2D eigenvalue weighted by molar-refractivity contribution is -0.116. The van der Waals surface area contributed by atoms with Gasteiger partial charge in [-0.3, -0.25) is 9.59 Å². The molecule has 4 aromatic rings. The highest BCUT2D eigenvalue weighted by Gasteiger charge is 2.17. The number of aromatic nitrogens is 2. The number of amides is 2. The predicted octanol–water partition coefficient (Wildman–Crippen LogP) is 4.55. The first-order chi connectivity index (χ1) is 16.3. The van der Waals surface area contributed by atoms with Crippen molar-refractivity contribution in [3.05, 3.63) is 94.9 Å². The maximum atomic E-state index is 12.9. The van der Waals surface area contributed by atoms with Crippen LogP contribution in [0.25, 0.3) is 5.65 Å². The van der Waals surface area contributed by atoms with Gasteiger partial charge in [-0.1, -0.05) is 29.8 Å². The first-order valence-electron chi connectivity index (χ1n) is 11.1. The summed E-state index contributed by atoms with van der Waals surface area (Å²) in [7, 11) is 1.61. The van der Waals surface area contributed by atoms with E-state index in [0.29, 0.717) is 11.3 Å². The van der Waals surface area contributed by atoms with Crippen molar-refractivity contribution in [1.29, 1.82) is 0 Å². The largest absolute Gasteiger partial charge is 0.487 e. The molecule has 7 nitrogen and oxygen atoms in total. The second-order valence-corrected chi connectivity index (χ2v) is 8.50. The smallest absolute Gasteiger partial charge is 0.254 e. The lowest BCUT2D eigenvalue weighted by Crippen LogP contribution is -2.35. The zero-order valence-corrected chi connectivity index (χ0v) is 19.8. The van der Waals surface area contributed by atoms with Crippen LogP contribution in [0.5, 0.6) is 5.75 Å². The van der Waals surface area contributed by atoms with Crippen LogP contribution in [0.2, 0.25) is 0 Å². The van der Waals surface area contributed by atoms with E-state index < -0.39 is 0 Å². The molecule has 34 heavy (non-hydrogen) atoms. The first-order valence-corrected chi connectivity index (χ1v) is 11.1. The van der Waals surface area contributed by atoms with E-state index in [1.165, 1.54) is 4.90 Å². The molecule has 2 heterocycles. The maximum Gasteiger partial charge on any atom is 0.254 e. The summed E-state index contributed by atoms with van der Waals surface area (Å²) in [5.74, 6) is 0.0579. The summed E-state index contributed by atoms with van der Waals surface area (Å²) in [4.78, 5) is 31.5. The number of fused-ring (bicyclic) bond motifs is 1. The molecule has 0 saturated heterocycles. The standard InChI is InChI=1S/C27H28N4O3/c1-18-12-19(2)26(20(3)13-18)29-25(32)16-30(4)27(33)21-8-7-9-23(14-21)34-17-22-15-31-11-6-5-10-24(31)28-22/h5-15H,16-17H2,1-4H3,(H,29,32). The molecule has 0 saturated carbocycles. The molecule has 4 rings (SSSR count). The van der Waals surface area contributed by atoms with Crippen molar-refractivity contribution in [3.63, 3.8) is 0 Å². The van der Waals surface area contributed by atoms with Gasteiger partial charge in [0.1, 0.15) is 18.0 Å². The number of nitrogens with zero attached hydrogens (tertiary/aromatic N) is 3. The maximum absolute atomic E-state index is 12.9. The number of carbonyl (C=O) groups excluding carboxylic acids is 2. The van der Waals surface area contributed by atoms with E-state index in [0.717, 1.165) is 33.7 Å². The summed E-state index contributed by atoms with van der Waals surface area (Å²) < 4.78 is 7.79. The van der Waals surface area contributed by atoms with Crippen LogP contribution in [-0.4, -0.2) is 39.7 Å². The number of rotatable bonds is 7. The minimum Gasteiger partial charge on any atom is -0.487 e. The molecule has 174 valence electrons. The first kappa shape index (κ1) is 23.0. The molecule has 2 amide bonds. The van der Waals surface area contributed by atoms with Crippen LogP contribution in [-0.2, 0) is 11.4 Å². The van der Waals surface area contributed by atoms with E-state index in [1.807, 2.05) is 67.9 Å². The summed E-state index contributed by atoms with van der Waals surface area (Å²) in [5.41, 5.74) is 6.01. The Morgan fingerprint density at radius 1 is 1.03 bits per heavy atom. The van der Waals surface area contributed by atoms with Crippen molar-refractivity contribution in [2.45, 2.75) is 27.4 Å². The van der Waals surface area contributed by atoms with Crippen molar-refractivity contribution in [2.75, 3.05) is 18.9 Å². The molecule has 0 fully saturated rings. The molecular weight excluding hydrogens is 428 g/mol. The number of likely N-dealkylation sites (N-methyl/N-ethyl adjacent to an activating group) is 1. The van der Waals surface area contributed by atoms with Gasteiger partial charge in [0.2, 0.25) is 5.91 Å². The number of benzene rings is 2. The van der Waals surface area contributed by atoms with Crippen molar-refractivity contribution in [1.82, 2.24) is 14.3 Å². The fourth-order valence-corrected chi connectivity index (χ4v) is 4.00. The predicted molar refractivity (Wildman–Crippen MR) is 132 cm³/mol. The molecule has 2 aromatic heterocycles. The second-order valence-electron chi connectivity index (χ2n) is 8.50. The van der Waals surface area contributed by atoms with Crippen LogP contribution in [0.4, 0.5) is 5.69 Å². The Balaban J connectivity index is 1.37. The van der Waals surface area contributed by atoms with Gasteiger partial charge in [0.05, 0.1) is 12.2 Å². The topological polar surface area (TPSA) is 75.9 Å². The Hall–Kier alpha value is -4.13. The Morgan fingerprint density at radius 3 is 2.53 bits per heavy atom. The van der Waals surface area contributed by atoms with Crippen LogP contribution in [0.1, 0.15) is 32.7 Å². The molecule has 0 atom stereocenters. The highest BCUT2D eigenvalue weighted by Crippen LogP contribution is 2.22. The number of pyridine rings is 1. The molecule has 0 unspecified atom stereocenters. The molecule has 1 N–H and O–H groups in total. The highest BCUT2D eigenvalue weighted by atomic mass is 16.5. The van der Waals surface area contributed by atoms with Gasteiger partial charge in [-0.2, -0.15) is 0 Å². The molecule has 0 spiro atoms. The molecule has 0 bridgehead atoms. The van der Waals surface area contributed by atoms with E-state index >= 15 is 0 Å². The molecule has 0 aliphatic carbocycles. The number of anilines is 1. The molecule has 0 aliphatic heterocycles. The molecule has 7 heteroatoms. The van der Waals surface area contributed by atoms with E-state index in [-0.39, 0.29) is 25.0 Å². The fraction of sp³-hybridized carbons (Fsp3) is 0.222. The van der Waals surface area contributed by atoms with Gasteiger partial charge in [-0.05, 0) is 62.2 Å². The number of hydrogen-bond acceptors (Lipinski definition) is 4. The third kappa shape index (κ3) is 5.26. The third-order valence-electron chi connectivity index (χ3n) is 5.55. The zero-order valence-electron chi connectivity index (χ0n) is 19.8. The van der Waals surface area contributed by atoms with Gasteiger partial charge in [0, 0.05) is 30.7 Å². The van der Waals surface area contributed by atoms with Crippen molar-refractivity contribution >= 4 is 23.1 Å². The average Bonchev–Trinajstić information content (AvgIpc) is 3.23. The summed E-state index contributed by atoms with van der Waals surface area (Å²) in [6.07, 6.45) is 3.84. The molecule has 2 aromatic carbocycles. The number of hydrogen-bond donors (Lipinski definition) is 1. The van der Waals surface area contributed by atoms with Crippen LogP contribution >= 0.6 is 0 Å². The Labute approximate surface area is 199 Å². The quantitative estimate of drug-likeness (QED) is 0.443. The normalized spacial score (nSPS) is 10.8. The summed E-state index contributed by atoms with van der Waals surface area (Å²) in [6.45, 7) is 6.17. The second kappa shape index (κ2) is 9.79. The van der Waals surface area contributed by atoms with Gasteiger partial charge < -0.3 is 19.4 Å². The monoisotopic (exact) mass is 456 g/mol. The third-order valence-corrected chi connectivity index (χ3v) is 5.55. The van der Waals surface area contributed by atoms with E-state index in [1.54, 1.807) is 31.3 Å². The van der Waals surface area contributed by atoms with Gasteiger partial charge in [-0.15, -0.1) is 0 Å². The van der Waals surface area contributed by atoms with Crippen LogP contribution in [0.3, 0.4) is 0 Å². The number of aryl methyl sites for hydroxylation is 3.